The summed E-state index contributed by atoms with van der Waals surface area (Å²) >= 11 is 0. The van der Waals surface area contributed by atoms with Crippen molar-refractivity contribution in [1.29, 1.82) is 0 Å². The summed E-state index contributed by atoms with van der Waals surface area (Å²) in [6.45, 7) is 2.17. The van der Waals surface area contributed by atoms with Crippen molar-refractivity contribution in [3.05, 3.63) is 42.9 Å². The lowest BCUT2D eigenvalue weighted by Gasteiger charge is -2.28. The van der Waals surface area contributed by atoms with Gasteiger partial charge in [0.25, 0.3) is 0 Å². The Labute approximate surface area is 182 Å². The molecule has 3 aromatic rings. The van der Waals surface area contributed by atoms with E-state index in [1.54, 1.807) is 24.5 Å². The van der Waals surface area contributed by atoms with E-state index in [1.807, 2.05) is 42.2 Å². The molecule has 4 rings (SSSR count). The zero-order chi connectivity index (χ0) is 21.8. The maximum absolute atomic E-state index is 6.19. The van der Waals surface area contributed by atoms with Crippen molar-refractivity contribution in [2.75, 3.05) is 50.4 Å². The average molecular weight is 424 g/mol. The number of rotatable bonds is 7. The molecule has 1 aliphatic heterocycles. The van der Waals surface area contributed by atoms with E-state index in [2.05, 4.69) is 37.8 Å². The Morgan fingerprint density at radius 1 is 1.16 bits per heavy atom. The molecule has 0 saturated carbocycles. The Hall–Kier alpha value is -3.37. The van der Waals surface area contributed by atoms with Gasteiger partial charge in [-0.3, -0.25) is 9.69 Å². The van der Waals surface area contributed by atoms with Crippen LogP contribution in [0, 0.1) is 0 Å². The SMILES string of the molecule is CNN(c1ccc(OC)cc1)c1nc(Nc2cnn(C3CCN(C)CC3)c2)ncc1N. The van der Waals surface area contributed by atoms with Crippen molar-refractivity contribution in [3.63, 3.8) is 0 Å². The molecule has 1 saturated heterocycles. The lowest BCUT2D eigenvalue weighted by molar-refractivity contribution is 0.212. The van der Waals surface area contributed by atoms with Gasteiger partial charge in [-0.25, -0.2) is 10.4 Å². The molecule has 0 amide bonds. The third kappa shape index (κ3) is 4.70. The van der Waals surface area contributed by atoms with Crippen molar-refractivity contribution < 1.29 is 4.74 Å². The Kier molecular flexibility index (Phi) is 6.19. The van der Waals surface area contributed by atoms with Gasteiger partial charge in [-0.2, -0.15) is 10.1 Å². The van der Waals surface area contributed by atoms with Crippen LogP contribution >= 0.6 is 0 Å². The lowest BCUT2D eigenvalue weighted by Crippen LogP contribution is -2.31. The van der Waals surface area contributed by atoms with Crippen LogP contribution in [-0.4, -0.2) is 58.9 Å². The number of aromatic nitrogens is 4. The number of anilines is 5. The lowest BCUT2D eigenvalue weighted by atomic mass is 10.1. The maximum atomic E-state index is 6.19. The van der Waals surface area contributed by atoms with Crippen LogP contribution in [-0.2, 0) is 0 Å². The summed E-state index contributed by atoms with van der Waals surface area (Å²) in [6, 6.07) is 8.04. The van der Waals surface area contributed by atoms with Gasteiger partial charge in [0.1, 0.15) is 5.75 Å². The number of nitrogens with one attached hydrogen (secondary N) is 2. The summed E-state index contributed by atoms with van der Waals surface area (Å²) in [5.41, 5.74) is 11.5. The number of hydrogen-bond donors (Lipinski definition) is 3. The molecule has 31 heavy (non-hydrogen) atoms. The summed E-state index contributed by atoms with van der Waals surface area (Å²) in [6.07, 6.45) is 7.60. The highest BCUT2D eigenvalue weighted by atomic mass is 16.5. The number of ether oxygens (including phenoxy) is 1. The number of hydrogen-bond acceptors (Lipinski definition) is 9. The molecule has 0 spiro atoms. The van der Waals surface area contributed by atoms with Gasteiger partial charge in [0.05, 0.1) is 42.6 Å². The van der Waals surface area contributed by atoms with E-state index < -0.39 is 0 Å². The van der Waals surface area contributed by atoms with Crippen molar-refractivity contribution in [3.8, 4) is 5.75 Å². The van der Waals surface area contributed by atoms with E-state index in [4.69, 9.17) is 10.5 Å². The standard InChI is InChI=1S/C21H29N9O/c1-23-30(17-4-6-18(31-3)7-5-17)20-19(22)13-24-21(27-20)26-15-12-25-29(14-15)16-8-10-28(2)11-9-16/h4-7,12-14,16,23H,8-11,22H2,1-3H3,(H,24,26,27). The monoisotopic (exact) mass is 423 g/mol. The first-order valence-corrected chi connectivity index (χ1v) is 10.3. The number of nitrogens with two attached hydrogens (primary N) is 1. The molecule has 4 N–H and O–H groups in total. The zero-order valence-corrected chi connectivity index (χ0v) is 18.1. The van der Waals surface area contributed by atoms with E-state index in [9.17, 15) is 0 Å². The van der Waals surface area contributed by atoms with Crippen LogP contribution in [0.3, 0.4) is 0 Å². The van der Waals surface area contributed by atoms with Gasteiger partial charge in [0, 0.05) is 13.2 Å². The minimum absolute atomic E-state index is 0.421. The van der Waals surface area contributed by atoms with Crippen LogP contribution < -0.4 is 26.2 Å². The minimum Gasteiger partial charge on any atom is -0.497 e. The molecule has 10 heteroatoms. The number of likely N-dealkylation sites (tertiary alicyclic amines) is 1. The Balaban J connectivity index is 1.52. The molecular weight excluding hydrogens is 394 g/mol. The number of piperidine rings is 1. The molecule has 2 aromatic heterocycles. The van der Waals surface area contributed by atoms with Gasteiger partial charge in [-0.05, 0) is 57.2 Å². The van der Waals surface area contributed by atoms with Crippen LogP contribution in [0.2, 0.25) is 0 Å². The number of hydrazine groups is 1. The van der Waals surface area contributed by atoms with E-state index in [0.717, 1.165) is 43.1 Å². The van der Waals surface area contributed by atoms with Crippen LogP contribution in [0.25, 0.3) is 0 Å². The molecule has 164 valence electrons. The molecule has 3 heterocycles. The normalized spacial score (nSPS) is 15.1. The summed E-state index contributed by atoms with van der Waals surface area (Å²) in [4.78, 5) is 11.3. The van der Waals surface area contributed by atoms with Gasteiger partial charge in [-0.15, -0.1) is 0 Å². The fraction of sp³-hybridized carbons (Fsp3) is 0.381. The molecule has 1 fully saturated rings. The number of benzene rings is 1. The summed E-state index contributed by atoms with van der Waals surface area (Å²) in [5, 5.41) is 9.57. The van der Waals surface area contributed by atoms with Crippen molar-refractivity contribution in [1.82, 2.24) is 30.1 Å². The third-order valence-electron chi connectivity index (χ3n) is 5.48. The quantitative estimate of drug-likeness (QED) is 0.494. The maximum Gasteiger partial charge on any atom is 0.229 e. The van der Waals surface area contributed by atoms with Crippen molar-refractivity contribution in [2.45, 2.75) is 18.9 Å². The van der Waals surface area contributed by atoms with Gasteiger partial charge in [-0.1, -0.05) is 0 Å². The number of nitrogens with zero attached hydrogens (tertiary/aromatic N) is 6. The number of nitrogen functional groups attached to an aromatic ring is 1. The highest BCUT2D eigenvalue weighted by molar-refractivity contribution is 5.71. The first-order valence-electron chi connectivity index (χ1n) is 10.3. The second-order valence-corrected chi connectivity index (χ2v) is 7.60. The van der Waals surface area contributed by atoms with Crippen LogP contribution in [0.15, 0.2) is 42.9 Å². The fourth-order valence-corrected chi connectivity index (χ4v) is 3.70. The Bertz CT molecular complexity index is 996. The fourth-order valence-electron chi connectivity index (χ4n) is 3.70. The summed E-state index contributed by atoms with van der Waals surface area (Å²) in [7, 11) is 5.60. The zero-order valence-electron chi connectivity index (χ0n) is 18.1. The summed E-state index contributed by atoms with van der Waals surface area (Å²) in [5.74, 6) is 1.77. The predicted octanol–water partition coefficient (Wildman–Crippen LogP) is 2.55. The number of methoxy groups -OCH3 is 1. The predicted molar refractivity (Wildman–Crippen MR) is 122 cm³/mol. The molecular formula is C21H29N9O. The van der Waals surface area contributed by atoms with E-state index >= 15 is 0 Å². The molecule has 1 aliphatic rings. The Morgan fingerprint density at radius 2 is 1.90 bits per heavy atom. The van der Waals surface area contributed by atoms with Gasteiger partial charge in [0.2, 0.25) is 5.95 Å². The van der Waals surface area contributed by atoms with Gasteiger partial charge >= 0.3 is 0 Å². The molecule has 0 radical (unpaired) electrons. The average Bonchev–Trinajstić information content (AvgIpc) is 3.26. The van der Waals surface area contributed by atoms with Gasteiger partial charge < -0.3 is 20.7 Å². The molecule has 0 aliphatic carbocycles. The van der Waals surface area contributed by atoms with E-state index in [1.165, 1.54) is 0 Å². The van der Waals surface area contributed by atoms with Gasteiger partial charge in [0.15, 0.2) is 5.82 Å². The minimum atomic E-state index is 0.421. The van der Waals surface area contributed by atoms with Crippen molar-refractivity contribution >= 4 is 28.8 Å². The topological polar surface area (TPSA) is 109 Å². The van der Waals surface area contributed by atoms with E-state index in [0.29, 0.717) is 23.5 Å². The van der Waals surface area contributed by atoms with Crippen LogP contribution in [0.4, 0.5) is 28.8 Å². The van der Waals surface area contributed by atoms with Crippen molar-refractivity contribution in [2.24, 2.45) is 0 Å². The highest BCUT2D eigenvalue weighted by Gasteiger charge is 2.19. The molecule has 0 atom stereocenters. The Morgan fingerprint density at radius 3 is 2.58 bits per heavy atom. The van der Waals surface area contributed by atoms with Crippen LogP contribution in [0.5, 0.6) is 5.75 Å². The molecule has 0 bridgehead atoms. The third-order valence-corrected chi connectivity index (χ3v) is 5.48. The molecule has 1 aromatic carbocycles. The highest BCUT2D eigenvalue weighted by Crippen LogP contribution is 2.29. The largest absolute Gasteiger partial charge is 0.497 e. The first kappa shape index (κ1) is 20.9. The van der Waals surface area contributed by atoms with Crippen LogP contribution in [0.1, 0.15) is 18.9 Å². The smallest absolute Gasteiger partial charge is 0.229 e. The van der Waals surface area contributed by atoms with E-state index in [-0.39, 0.29) is 0 Å². The molecule has 0 unspecified atom stereocenters. The molecule has 10 nitrogen and oxygen atoms in total. The first-order chi connectivity index (χ1) is 15.1. The second-order valence-electron chi connectivity index (χ2n) is 7.60. The second kappa shape index (κ2) is 9.19. The summed E-state index contributed by atoms with van der Waals surface area (Å²) < 4.78 is 7.27.